The molecule has 0 atom stereocenters. The zero-order chi connectivity index (χ0) is 17.4. The Kier molecular flexibility index (Phi) is 4.94. The number of aromatic nitrogens is 2. The molecule has 0 bridgehead atoms. The van der Waals surface area contributed by atoms with Gasteiger partial charge in [-0.1, -0.05) is 39.8 Å². The lowest BCUT2D eigenvalue weighted by atomic mass is 10.2. The standard InChI is InChI=1S/C17H15BrN2O2S2/c1-9-10(2)24-15-14(9)16(22)20(3)17(19-15)23-8-13(21)11-4-6-12(18)7-5-11/h4-7H,8H2,1-3H3. The van der Waals surface area contributed by atoms with Crippen LogP contribution in [0.5, 0.6) is 0 Å². The maximum atomic E-state index is 12.6. The highest BCUT2D eigenvalue weighted by Crippen LogP contribution is 2.28. The highest BCUT2D eigenvalue weighted by atomic mass is 79.9. The van der Waals surface area contributed by atoms with Gasteiger partial charge < -0.3 is 0 Å². The summed E-state index contributed by atoms with van der Waals surface area (Å²) in [5, 5.41) is 1.25. The molecule has 0 unspecified atom stereocenters. The Balaban J connectivity index is 1.88. The summed E-state index contributed by atoms with van der Waals surface area (Å²) in [7, 11) is 1.70. The zero-order valence-corrected chi connectivity index (χ0v) is 16.6. The van der Waals surface area contributed by atoms with E-state index in [0.29, 0.717) is 16.1 Å². The Hall–Kier alpha value is -1.44. The number of thioether (sulfide) groups is 1. The van der Waals surface area contributed by atoms with E-state index < -0.39 is 0 Å². The van der Waals surface area contributed by atoms with Crippen molar-refractivity contribution >= 4 is 55.0 Å². The van der Waals surface area contributed by atoms with E-state index in [0.717, 1.165) is 19.7 Å². The van der Waals surface area contributed by atoms with Crippen LogP contribution in [0.4, 0.5) is 0 Å². The molecule has 0 spiro atoms. The smallest absolute Gasteiger partial charge is 0.262 e. The first-order chi connectivity index (χ1) is 11.4. The third-order valence-corrected chi connectivity index (χ3v) is 6.53. The molecule has 3 rings (SSSR count). The normalized spacial score (nSPS) is 11.2. The lowest BCUT2D eigenvalue weighted by molar-refractivity contribution is 0.102. The Morgan fingerprint density at radius 3 is 2.62 bits per heavy atom. The molecule has 0 amide bonds. The van der Waals surface area contributed by atoms with Crippen molar-refractivity contribution in [2.75, 3.05) is 5.75 Å². The predicted molar refractivity (Wildman–Crippen MR) is 104 cm³/mol. The van der Waals surface area contributed by atoms with Crippen molar-refractivity contribution in [3.63, 3.8) is 0 Å². The van der Waals surface area contributed by atoms with E-state index >= 15 is 0 Å². The second-order valence-corrected chi connectivity index (χ2v) is 8.50. The quantitative estimate of drug-likeness (QED) is 0.356. The van der Waals surface area contributed by atoms with Gasteiger partial charge in [-0.05, 0) is 31.5 Å². The lowest BCUT2D eigenvalue weighted by Crippen LogP contribution is -2.20. The number of hydrogen-bond donors (Lipinski definition) is 0. The number of aryl methyl sites for hydroxylation is 2. The largest absolute Gasteiger partial charge is 0.293 e. The Morgan fingerprint density at radius 2 is 1.96 bits per heavy atom. The van der Waals surface area contributed by atoms with Crippen molar-refractivity contribution < 1.29 is 4.79 Å². The van der Waals surface area contributed by atoms with Crippen LogP contribution >= 0.6 is 39.0 Å². The summed E-state index contributed by atoms with van der Waals surface area (Å²) in [4.78, 5) is 31.3. The fraction of sp³-hybridized carbons (Fsp3) is 0.235. The molecule has 2 aromatic heterocycles. The first-order valence-electron chi connectivity index (χ1n) is 7.26. The highest BCUT2D eigenvalue weighted by molar-refractivity contribution is 9.10. The summed E-state index contributed by atoms with van der Waals surface area (Å²) in [6.45, 7) is 3.94. The molecule has 0 aliphatic heterocycles. The zero-order valence-electron chi connectivity index (χ0n) is 13.4. The van der Waals surface area contributed by atoms with E-state index in [9.17, 15) is 9.59 Å². The van der Waals surface area contributed by atoms with Crippen LogP contribution in [0, 0.1) is 13.8 Å². The van der Waals surface area contributed by atoms with Gasteiger partial charge in [-0.25, -0.2) is 4.98 Å². The van der Waals surface area contributed by atoms with Crippen molar-refractivity contribution in [2.24, 2.45) is 7.05 Å². The number of nitrogens with zero attached hydrogens (tertiary/aromatic N) is 2. The Bertz CT molecular complexity index is 990. The van der Waals surface area contributed by atoms with Gasteiger partial charge in [-0.2, -0.15) is 0 Å². The first kappa shape index (κ1) is 17.4. The summed E-state index contributed by atoms with van der Waals surface area (Å²) in [5.74, 6) is 0.261. The molecule has 0 N–H and O–H groups in total. The number of rotatable bonds is 4. The third kappa shape index (κ3) is 3.20. The van der Waals surface area contributed by atoms with Gasteiger partial charge in [0, 0.05) is 22.0 Å². The lowest BCUT2D eigenvalue weighted by Gasteiger charge is -2.07. The maximum Gasteiger partial charge on any atom is 0.262 e. The van der Waals surface area contributed by atoms with Crippen LogP contribution in [0.15, 0.2) is 38.7 Å². The third-order valence-electron chi connectivity index (χ3n) is 3.87. The minimum atomic E-state index is -0.0551. The maximum absolute atomic E-state index is 12.6. The second kappa shape index (κ2) is 6.82. The minimum Gasteiger partial charge on any atom is -0.293 e. The van der Waals surface area contributed by atoms with Crippen molar-refractivity contribution in [3.05, 3.63) is 55.1 Å². The molecule has 2 heterocycles. The predicted octanol–water partition coefficient (Wildman–Crippen LogP) is 4.35. The molecule has 0 aliphatic carbocycles. The molecular formula is C17H15BrN2O2S2. The van der Waals surface area contributed by atoms with E-state index in [1.54, 1.807) is 19.2 Å². The summed E-state index contributed by atoms with van der Waals surface area (Å²) in [5.41, 5.74) is 1.59. The van der Waals surface area contributed by atoms with Gasteiger partial charge in [-0.15, -0.1) is 11.3 Å². The van der Waals surface area contributed by atoms with E-state index in [4.69, 9.17) is 0 Å². The number of fused-ring (bicyclic) bond motifs is 1. The van der Waals surface area contributed by atoms with Gasteiger partial charge in [0.05, 0.1) is 11.1 Å². The van der Waals surface area contributed by atoms with Gasteiger partial charge in [-0.3, -0.25) is 14.2 Å². The molecular weight excluding hydrogens is 408 g/mol. The van der Waals surface area contributed by atoms with Crippen LogP contribution in [0.25, 0.3) is 10.2 Å². The number of benzene rings is 1. The van der Waals surface area contributed by atoms with E-state index in [-0.39, 0.29) is 17.1 Å². The highest BCUT2D eigenvalue weighted by Gasteiger charge is 2.16. The van der Waals surface area contributed by atoms with Crippen molar-refractivity contribution in [1.29, 1.82) is 0 Å². The van der Waals surface area contributed by atoms with Crippen LogP contribution in [0.2, 0.25) is 0 Å². The minimum absolute atomic E-state index is 0.0142. The SMILES string of the molecule is Cc1sc2nc(SCC(=O)c3ccc(Br)cc3)n(C)c(=O)c2c1C. The molecule has 0 aliphatic rings. The molecule has 4 nitrogen and oxygen atoms in total. The van der Waals surface area contributed by atoms with Crippen LogP contribution < -0.4 is 5.56 Å². The summed E-state index contributed by atoms with van der Waals surface area (Å²) in [6.07, 6.45) is 0. The van der Waals surface area contributed by atoms with Crippen LogP contribution in [0.3, 0.4) is 0 Å². The van der Waals surface area contributed by atoms with Gasteiger partial charge in [0.15, 0.2) is 10.9 Å². The molecule has 3 aromatic rings. The molecule has 0 saturated heterocycles. The van der Waals surface area contributed by atoms with E-state index in [1.165, 1.54) is 27.7 Å². The number of carbonyl (C=O) groups excluding carboxylic acids is 1. The van der Waals surface area contributed by atoms with Crippen molar-refractivity contribution in [1.82, 2.24) is 9.55 Å². The van der Waals surface area contributed by atoms with Crippen LogP contribution in [-0.2, 0) is 7.05 Å². The fourth-order valence-corrected chi connectivity index (χ4v) is 4.54. The number of halogens is 1. The number of ketones is 1. The number of Topliss-reactive ketones (excluding diaryl/α,β-unsaturated/α-hetero) is 1. The topological polar surface area (TPSA) is 52.0 Å². The van der Waals surface area contributed by atoms with Gasteiger partial charge in [0.2, 0.25) is 0 Å². The molecule has 1 aromatic carbocycles. The van der Waals surface area contributed by atoms with E-state index in [2.05, 4.69) is 20.9 Å². The molecule has 24 heavy (non-hydrogen) atoms. The molecule has 124 valence electrons. The summed E-state index contributed by atoms with van der Waals surface area (Å²) < 4.78 is 2.46. The van der Waals surface area contributed by atoms with Gasteiger partial charge >= 0.3 is 0 Å². The van der Waals surface area contributed by atoms with Crippen molar-refractivity contribution in [3.8, 4) is 0 Å². The van der Waals surface area contributed by atoms with Crippen molar-refractivity contribution in [2.45, 2.75) is 19.0 Å². The fourth-order valence-electron chi connectivity index (χ4n) is 2.33. The molecule has 0 saturated carbocycles. The van der Waals surface area contributed by atoms with E-state index in [1.807, 2.05) is 26.0 Å². The number of thiophene rings is 1. The molecule has 0 radical (unpaired) electrons. The van der Waals surface area contributed by atoms with Crippen LogP contribution in [-0.4, -0.2) is 21.1 Å². The summed E-state index contributed by atoms with van der Waals surface area (Å²) >= 11 is 6.17. The van der Waals surface area contributed by atoms with Gasteiger partial charge in [0.1, 0.15) is 4.83 Å². The molecule has 0 fully saturated rings. The average molecular weight is 423 g/mol. The summed E-state index contributed by atoms with van der Waals surface area (Å²) in [6, 6.07) is 7.26. The second-order valence-electron chi connectivity index (χ2n) is 5.44. The van der Waals surface area contributed by atoms with Crippen LogP contribution in [0.1, 0.15) is 20.8 Å². The first-order valence-corrected chi connectivity index (χ1v) is 9.86. The number of carbonyl (C=O) groups is 1. The molecule has 7 heteroatoms. The monoisotopic (exact) mass is 422 g/mol. The Labute approximate surface area is 156 Å². The number of hydrogen-bond acceptors (Lipinski definition) is 5. The van der Waals surface area contributed by atoms with Gasteiger partial charge in [0.25, 0.3) is 5.56 Å². The Morgan fingerprint density at radius 1 is 1.29 bits per heavy atom. The average Bonchev–Trinajstić information content (AvgIpc) is 2.84.